The number of hydrogen-bond donors (Lipinski definition) is 0. The van der Waals surface area contributed by atoms with Gasteiger partial charge in [-0.3, -0.25) is 4.79 Å². The largest absolute Gasteiger partial charge is 0.298 e. The van der Waals surface area contributed by atoms with Gasteiger partial charge in [0.25, 0.3) is 0 Å². The van der Waals surface area contributed by atoms with E-state index in [1.54, 1.807) is 6.08 Å². The normalized spacial score (nSPS) is 12.4. The molecule has 0 radical (unpaired) electrons. The highest BCUT2D eigenvalue weighted by atomic mass is 16.1. The molecule has 0 N–H and O–H groups in total. The smallest absolute Gasteiger partial charge is 0.149 e. The van der Waals surface area contributed by atoms with Crippen molar-refractivity contribution in [3.8, 4) is 0 Å². The minimum Gasteiger partial charge on any atom is -0.298 e. The molecular formula is C9H14O. The summed E-state index contributed by atoms with van der Waals surface area (Å²) < 4.78 is 0. The predicted octanol–water partition coefficient (Wildman–Crippen LogP) is 2.49. The quantitative estimate of drug-likeness (QED) is 0.331. The molecular weight excluding hydrogens is 124 g/mol. The Balaban J connectivity index is 3.74. The van der Waals surface area contributed by atoms with Crippen LogP contribution in [0.25, 0.3) is 0 Å². The first-order valence-corrected chi connectivity index (χ1v) is 3.63. The summed E-state index contributed by atoms with van der Waals surface area (Å²) in [5.41, 5.74) is 0.758. The van der Waals surface area contributed by atoms with Crippen LogP contribution in [0.15, 0.2) is 23.8 Å². The molecule has 0 aliphatic rings. The lowest BCUT2D eigenvalue weighted by Gasteiger charge is -1.85. The van der Waals surface area contributed by atoms with Crippen LogP contribution in [0.4, 0.5) is 0 Å². The molecule has 0 amide bonds. The van der Waals surface area contributed by atoms with Gasteiger partial charge >= 0.3 is 0 Å². The van der Waals surface area contributed by atoms with E-state index in [0.29, 0.717) is 0 Å². The highest BCUT2D eigenvalue weighted by molar-refractivity contribution is 5.77. The Labute approximate surface area is 62.4 Å². The molecule has 10 heavy (non-hydrogen) atoms. The summed E-state index contributed by atoms with van der Waals surface area (Å²) in [5, 5.41) is 0. The summed E-state index contributed by atoms with van der Waals surface area (Å²) in [6, 6.07) is 0. The lowest BCUT2D eigenvalue weighted by molar-refractivity contribution is -0.104. The Kier molecular flexibility index (Phi) is 5.74. The molecule has 0 aromatic carbocycles. The van der Waals surface area contributed by atoms with Crippen molar-refractivity contribution in [1.82, 2.24) is 0 Å². The van der Waals surface area contributed by atoms with E-state index in [1.807, 2.05) is 19.1 Å². The van der Waals surface area contributed by atoms with E-state index in [2.05, 4.69) is 6.92 Å². The summed E-state index contributed by atoms with van der Waals surface area (Å²) in [6.07, 6.45) is 8.73. The van der Waals surface area contributed by atoms with E-state index in [1.165, 1.54) is 0 Å². The maximum absolute atomic E-state index is 10.2. The van der Waals surface area contributed by atoms with E-state index >= 15 is 0 Å². The average molecular weight is 138 g/mol. The monoisotopic (exact) mass is 138 g/mol. The fourth-order valence-electron chi connectivity index (χ4n) is 0.590. The van der Waals surface area contributed by atoms with Crippen LogP contribution < -0.4 is 0 Å². The van der Waals surface area contributed by atoms with Crippen molar-refractivity contribution in [2.75, 3.05) is 0 Å². The summed E-state index contributed by atoms with van der Waals surface area (Å²) in [5.74, 6) is 0. The van der Waals surface area contributed by atoms with E-state index in [4.69, 9.17) is 0 Å². The van der Waals surface area contributed by atoms with Crippen molar-refractivity contribution in [3.63, 3.8) is 0 Å². The maximum atomic E-state index is 10.2. The molecule has 1 nitrogen and oxygen atoms in total. The third kappa shape index (κ3) is 4.07. The molecule has 0 aliphatic carbocycles. The van der Waals surface area contributed by atoms with Crippen molar-refractivity contribution in [2.24, 2.45) is 0 Å². The van der Waals surface area contributed by atoms with Crippen LogP contribution in [0.2, 0.25) is 0 Å². The molecule has 1 heteroatoms. The first-order valence-electron chi connectivity index (χ1n) is 3.63. The topological polar surface area (TPSA) is 17.1 Å². The second-order valence-corrected chi connectivity index (χ2v) is 2.10. The minimum absolute atomic E-state index is 0.758. The number of rotatable bonds is 4. The zero-order valence-electron chi connectivity index (χ0n) is 6.63. The molecule has 0 saturated heterocycles. The van der Waals surface area contributed by atoms with Crippen LogP contribution in [-0.2, 0) is 4.79 Å². The molecule has 0 heterocycles. The Hall–Kier alpha value is -0.850. The number of allylic oxidation sites excluding steroid dienone is 4. The first kappa shape index (κ1) is 9.15. The van der Waals surface area contributed by atoms with Crippen molar-refractivity contribution in [1.29, 1.82) is 0 Å². The van der Waals surface area contributed by atoms with Gasteiger partial charge < -0.3 is 0 Å². The van der Waals surface area contributed by atoms with Crippen molar-refractivity contribution >= 4 is 6.29 Å². The van der Waals surface area contributed by atoms with Crippen LogP contribution >= 0.6 is 0 Å². The van der Waals surface area contributed by atoms with E-state index < -0.39 is 0 Å². The Bertz CT molecular complexity index is 143. The van der Waals surface area contributed by atoms with Crippen molar-refractivity contribution < 1.29 is 4.79 Å². The van der Waals surface area contributed by atoms with Crippen molar-refractivity contribution in [3.05, 3.63) is 23.8 Å². The maximum Gasteiger partial charge on any atom is 0.149 e. The summed E-state index contributed by atoms with van der Waals surface area (Å²) in [6.45, 7) is 3.97. The highest BCUT2D eigenvalue weighted by Gasteiger charge is 1.82. The fraction of sp³-hybridized carbons (Fsp3) is 0.444. The van der Waals surface area contributed by atoms with E-state index in [-0.39, 0.29) is 0 Å². The highest BCUT2D eigenvalue weighted by Crippen LogP contribution is 1.95. The van der Waals surface area contributed by atoms with Crippen LogP contribution in [0, 0.1) is 0 Å². The second-order valence-electron chi connectivity index (χ2n) is 2.10. The van der Waals surface area contributed by atoms with Gasteiger partial charge in [-0.2, -0.15) is 0 Å². The van der Waals surface area contributed by atoms with E-state index in [9.17, 15) is 4.79 Å². The third-order valence-corrected chi connectivity index (χ3v) is 1.24. The lowest BCUT2D eigenvalue weighted by Crippen LogP contribution is -1.76. The number of carbonyl (C=O) groups is 1. The molecule has 0 fully saturated rings. The molecule has 0 aromatic heterocycles. The molecule has 0 rings (SSSR count). The fourth-order valence-corrected chi connectivity index (χ4v) is 0.590. The molecule has 0 atom stereocenters. The van der Waals surface area contributed by atoms with Crippen LogP contribution in [0.5, 0.6) is 0 Å². The number of aldehydes is 1. The van der Waals surface area contributed by atoms with Crippen LogP contribution in [0.3, 0.4) is 0 Å². The summed E-state index contributed by atoms with van der Waals surface area (Å²) in [4.78, 5) is 10.2. The zero-order chi connectivity index (χ0) is 7.82. The van der Waals surface area contributed by atoms with Gasteiger partial charge in [-0.25, -0.2) is 0 Å². The summed E-state index contributed by atoms with van der Waals surface area (Å²) in [7, 11) is 0. The minimum atomic E-state index is 0.758. The molecule has 0 aliphatic heterocycles. The first-order chi connectivity index (χ1) is 4.85. The lowest BCUT2D eigenvalue weighted by atomic mass is 10.2. The Morgan fingerprint density at radius 2 is 2.20 bits per heavy atom. The van der Waals surface area contributed by atoms with Gasteiger partial charge in [-0.15, -0.1) is 0 Å². The number of carbonyl (C=O) groups excluding carboxylic acids is 1. The molecule has 0 aromatic rings. The summed E-state index contributed by atoms with van der Waals surface area (Å²) >= 11 is 0. The van der Waals surface area contributed by atoms with Gasteiger partial charge in [-0.05, 0) is 13.3 Å². The van der Waals surface area contributed by atoms with Crippen molar-refractivity contribution in [2.45, 2.75) is 26.7 Å². The van der Waals surface area contributed by atoms with Gasteiger partial charge in [0, 0.05) is 5.57 Å². The second kappa shape index (κ2) is 6.27. The molecule has 0 spiro atoms. The van der Waals surface area contributed by atoms with Crippen LogP contribution in [0.1, 0.15) is 26.7 Å². The third-order valence-electron chi connectivity index (χ3n) is 1.24. The number of hydrogen-bond acceptors (Lipinski definition) is 1. The molecule has 56 valence electrons. The zero-order valence-corrected chi connectivity index (χ0v) is 6.63. The standard InChI is InChI=1S/C9H14O/c1-3-5-6-7-9(4-2)8-10/h4,6-8H,3,5H2,1-2H3/b7-6-,9-4+. The predicted molar refractivity (Wildman–Crippen MR) is 43.9 cm³/mol. The SMILES string of the molecule is C/C=C(C=O)\C=C/CCC. The molecule has 0 saturated carbocycles. The Morgan fingerprint density at radius 1 is 1.50 bits per heavy atom. The average Bonchev–Trinajstić information content (AvgIpc) is 1.99. The van der Waals surface area contributed by atoms with Gasteiger partial charge in [0.15, 0.2) is 0 Å². The van der Waals surface area contributed by atoms with Gasteiger partial charge in [-0.1, -0.05) is 31.6 Å². The van der Waals surface area contributed by atoms with E-state index in [0.717, 1.165) is 24.7 Å². The van der Waals surface area contributed by atoms with Gasteiger partial charge in [0.1, 0.15) is 6.29 Å². The van der Waals surface area contributed by atoms with Crippen LogP contribution in [-0.4, -0.2) is 6.29 Å². The Morgan fingerprint density at radius 3 is 2.60 bits per heavy atom. The van der Waals surface area contributed by atoms with Gasteiger partial charge in [0.05, 0.1) is 0 Å². The molecule has 0 bridgehead atoms. The molecule has 0 unspecified atom stereocenters. The van der Waals surface area contributed by atoms with Gasteiger partial charge in [0.2, 0.25) is 0 Å². The number of unbranched alkanes of at least 4 members (excludes halogenated alkanes) is 1.